The topological polar surface area (TPSA) is 95.1 Å². The maximum atomic E-state index is 11.8. The van der Waals surface area contributed by atoms with Gasteiger partial charge in [-0.1, -0.05) is 0 Å². The molecule has 0 bridgehead atoms. The van der Waals surface area contributed by atoms with Crippen LogP contribution >= 0.6 is 0 Å². The monoisotopic (exact) mass is 237 g/mol. The van der Waals surface area contributed by atoms with Crippen molar-refractivity contribution in [2.45, 2.75) is 32.1 Å². The quantitative estimate of drug-likeness (QED) is 0.710. The number of aryl methyl sites for hydroxylation is 1. The lowest BCUT2D eigenvalue weighted by Gasteiger charge is -2.10. The molecule has 2 rings (SSSR count). The number of carboxylic acids is 1. The summed E-state index contributed by atoms with van der Waals surface area (Å²) in [6, 6.07) is 0. The van der Waals surface area contributed by atoms with Gasteiger partial charge in [0.2, 0.25) is 0 Å². The van der Waals surface area contributed by atoms with E-state index in [1.165, 1.54) is 0 Å². The van der Waals surface area contributed by atoms with E-state index in [1.54, 1.807) is 0 Å². The van der Waals surface area contributed by atoms with E-state index in [4.69, 9.17) is 5.11 Å². The van der Waals surface area contributed by atoms with Gasteiger partial charge in [0.1, 0.15) is 0 Å². The second-order valence-corrected chi connectivity index (χ2v) is 4.14. The van der Waals surface area contributed by atoms with E-state index in [1.807, 2.05) is 0 Å². The van der Waals surface area contributed by atoms with Crippen LogP contribution in [0.15, 0.2) is 0 Å². The standard InChI is InChI=1S/C11H15N3O3/c15-9(16)5-6-12-11(17)10-7-3-1-2-4-8(7)13-14-10/h1-6H2,(H,12,17)(H,13,14)(H,15,16). The van der Waals surface area contributed by atoms with Crippen molar-refractivity contribution in [2.24, 2.45) is 0 Å². The first-order valence-corrected chi connectivity index (χ1v) is 5.74. The van der Waals surface area contributed by atoms with Gasteiger partial charge < -0.3 is 10.4 Å². The number of carbonyl (C=O) groups excluding carboxylic acids is 1. The summed E-state index contributed by atoms with van der Waals surface area (Å²) in [7, 11) is 0. The highest BCUT2D eigenvalue weighted by Gasteiger charge is 2.21. The second-order valence-electron chi connectivity index (χ2n) is 4.14. The predicted octanol–water partition coefficient (Wildman–Crippen LogP) is 0.493. The molecule has 6 heteroatoms. The summed E-state index contributed by atoms with van der Waals surface area (Å²) in [5, 5.41) is 17.9. The third-order valence-electron chi connectivity index (χ3n) is 2.90. The van der Waals surface area contributed by atoms with Crippen LogP contribution in [0.5, 0.6) is 0 Å². The molecule has 92 valence electrons. The fraction of sp³-hybridized carbons (Fsp3) is 0.545. The third-order valence-corrected chi connectivity index (χ3v) is 2.90. The number of aromatic nitrogens is 2. The van der Waals surface area contributed by atoms with Crippen LogP contribution < -0.4 is 5.32 Å². The number of aromatic amines is 1. The molecule has 1 aliphatic carbocycles. The number of amides is 1. The van der Waals surface area contributed by atoms with Gasteiger partial charge >= 0.3 is 5.97 Å². The van der Waals surface area contributed by atoms with E-state index in [0.29, 0.717) is 5.69 Å². The van der Waals surface area contributed by atoms with Gasteiger partial charge in [0.25, 0.3) is 5.91 Å². The Balaban J connectivity index is 1.99. The molecule has 1 aromatic rings. The zero-order valence-corrected chi connectivity index (χ0v) is 9.45. The minimum atomic E-state index is -0.922. The first-order valence-electron chi connectivity index (χ1n) is 5.74. The fourth-order valence-electron chi connectivity index (χ4n) is 2.04. The van der Waals surface area contributed by atoms with E-state index in [-0.39, 0.29) is 18.9 Å². The van der Waals surface area contributed by atoms with Gasteiger partial charge in [-0.3, -0.25) is 14.7 Å². The highest BCUT2D eigenvalue weighted by Crippen LogP contribution is 2.21. The zero-order chi connectivity index (χ0) is 12.3. The van der Waals surface area contributed by atoms with Crippen LogP contribution in [0.3, 0.4) is 0 Å². The normalized spacial score (nSPS) is 14.1. The van der Waals surface area contributed by atoms with E-state index < -0.39 is 5.97 Å². The van der Waals surface area contributed by atoms with Crippen LogP contribution in [-0.4, -0.2) is 33.7 Å². The number of carbonyl (C=O) groups is 2. The van der Waals surface area contributed by atoms with Gasteiger partial charge in [0.05, 0.1) is 6.42 Å². The lowest BCUT2D eigenvalue weighted by molar-refractivity contribution is -0.136. The summed E-state index contributed by atoms with van der Waals surface area (Å²) in [4.78, 5) is 22.1. The number of fused-ring (bicyclic) bond motifs is 1. The lowest BCUT2D eigenvalue weighted by atomic mass is 9.96. The number of carboxylic acid groups (broad SMARTS) is 1. The number of nitrogens with one attached hydrogen (secondary N) is 2. The highest BCUT2D eigenvalue weighted by molar-refractivity contribution is 5.94. The Bertz CT molecular complexity index is 439. The Labute approximate surface area is 98.4 Å². The molecule has 0 radical (unpaired) electrons. The Morgan fingerprint density at radius 1 is 1.35 bits per heavy atom. The first-order chi connectivity index (χ1) is 8.18. The molecule has 6 nitrogen and oxygen atoms in total. The third kappa shape index (κ3) is 2.64. The molecule has 0 spiro atoms. The van der Waals surface area contributed by atoms with Crippen molar-refractivity contribution in [3.63, 3.8) is 0 Å². The number of H-pyrrole nitrogens is 1. The Morgan fingerprint density at radius 2 is 2.12 bits per heavy atom. The molecule has 0 aromatic carbocycles. The predicted molar refractivity (Wildman–Crippen MR) is 59.8 cm³/mol. The van der Waals surface area contributed by atoms with E-state index in [2.05, 4.69) is 15.5 Å². The van der Waals surface area contributed by atoms with Gasteiger partial charge in [0, 0.05) is 17.8 Å². The largest absolute Gasteiger partial charge is 0.481 e. The molecule has 0 saturated carbocycles. The summed E-state index contributed by atoms with van der Waals surface area (Å²) in [6.45, 7) is 0.135. The van der Waals surface area contributed by atoms with E-state index >= 15 is 0 Å². The maximum Gasteiger partial charge on any atom is 0.305 e. The van der Waals surface area contributed by atoms with Gasteiger partial charge in [-0.2, -0.15) is 5.10 Å². The van der Waals surface area contributed by atoms with Gasteiger partial charge in [-0.15, -0.1) is 0 Å². The zero-order valence-electron chi connectivity index (χ0n) is 9.45. The molecule has 1 aromatic heterocycles. The highest BCUT2D eigenvalue weighted by atomic mass is 16.4. The molecule has 1 heterocycles. The molecular weight excluding hydrogens is 222 g/mol. The summed E-state index contributed by atoms with van der Waals surface area (Å²) in [6.07, 6.45) is 3.92. The number of nitrogens with zero attached hydrogens (tertiary/aromatic N) is 1. The molecule has 3 N–H and O–H groups in total. The van der Waals surface area contributed by atoms with Gasteiger partial charge in [0.15, 0.2) is 5.69 Å². The van der Waals surface area contributed by atoms with Crippen LogP contribution in [0.4, 0.5) is 0 Å². The summed E-state index contributed by atoms with van der Waals surface area (Å²) in [5.74, 6) is -1.21. The van der Waals surface area contributed by atoms with Gasteiger partial charge in [-0.05, 0) is 25.7 Å². The Hall–Kier alpha value is -1.85. The van der Waals surface area contributed by atoms with Crippen LogP contribution in [0.1, 0.15) is 41.0 Å². The van der Waals surface area contributed by atoms with Crippen molar-refractivity contribution < 1.29 is 14.7 Å². The van der Waals surface area contributed by atoms with E-state index in [0.717, 1.165) is 36.9 Å². The second kappa shape index (κ2) is 4.99. The SMILES string of the molecule is O=C(O)CCNC(=O)c1n[nH]c2c1CCCC2. The maximum absolute atomic E-state index is 11.8. The van der Waals surface area contributed by atoms with Gasteiger partial charge in [-0.25, -0.2) is 0 Å². The van der Waals surface area contributed by atoms with Crippen molar-refractivity contribution >= 4 is 11.9 Å². The van der Waals surface area contributed by atoms with E-state index in [9.17, 15) is 9.59 Å². The fourth-order valence-corrected chi connectivity index (χ4v) is 2.04. The van der Waals surface area contributed by atoms with Crippen LogP contribution in [0.25, 0.3) is 0 Å². The average molecular weight is 237 g/mol. The van der Waals surface area contributed by atoms with Crippen molar-refractivity contribution in [1.82, 2.24) is 15.5 Å². The molecule has 1 amide bonds. The smallest absolute Gasteiger partial charge is 0.305 e. The molecule has 1 aliphatic rings. The van der Waals surface area contributed by atoms with Crippen LogP contribution in [0.2, 0.25) is 0 Å². The minimum absolute atomic E-state index is 0.0711. The number of hydrogen-bond donors (Lipinski definition) is 3. The van der Waals surface area contributed by atoms with Crippen molar-refractivity contribution in [1.29, 1.82) is 0 Å². The van der Waals surface area contributed by atoms with Crippen molar-refractivity contribution in [3.8, 4) is 0 Å². The molecule has 17 heavy (non-hydrogen) atoms. The molecule has 0 atom stereocenters. The average Bonchev–Trinajstić information content (AvgIpc) is 2.72. The molecule has 0 saturated heterocycles. The van der Waals surface area contributed by atoms with Crippen molar-refractivity contribution in [3.05, 3.63) is 17.0 Å². The summed E-state index contributed by atoms with van der Waals surface area (Å²) >= 11 is 0. The summed E-state index contributed by atoms with van der Waals surface area (Å²) in [5.41, 5.74) is 2.45. The number of rotatable bonds is 4. The minimum Gasteiger partial charge on any atom is -0.481 e. The molecule has 0 unspecified atom stereocenters. The lowest BCUT2D eigenvalue weighted by Crippen LogP contribution is -2.27. The molecular formula is C11H15N3O3. The Morgan fingerprint density at radius 3 is 2.88 bits per heavy atom. The first kappa shape index (κ1) is 11.6. The number of aliphatic carboxylic acids is 1. The Kier molecular flexibility index (Phi) is 3.41. The van der Waals surface area contributed by atoms with Crippen LogP contribution in [-0.2, 0) is 17.6 Å². The number of hydrogen-bond acceptors (Lipinski definition) is 3. The molecule has 0 aliphatic heterocycles. The summed E-state index contributed by atoms with van der Waals surface area (Å²) < 4.78 is 0. The van der Waals surface area contributed by atoms with Crippen molar-refractivity contribution in [2.75, 3.05) is 6.54 Å². The molecule has 0 fully saturated rings. The van der Waals surface area contributed by atoms with Crippen LogP contribution in [0, 0.1) is 0 Å².